The Balaban J connectivity index is 1.76. The average Bonchev–Trinajstić information content (AvgIpc) is 3.09. The molecule has 1 unspecified atom stereocenters. The van der Waals surface area contributed by atoms with E-state index in [1.54, 1.807) is 23.9 Å². The normalized spacial score (nSPS) is 12.3. The van der Waals surface area contributed by atoms with Crippen LogP contribution in [0.25, 0.3) is 11.0 Å². The van der Waals surface area contributed by atoms with Crippen molar-refractivity contribution in [1.29, 1.82) is 0 Å². The van der Waals surface area contributed by atoms with E-state index in [2.05, 4.69) is 21.5 Å². The van der Waals surface area contributed by atoms with Crippen LogP contribution in [-0.2, 0) is 0 Å². The van der Waals surface area contributed by atoms with Crippen molar-refractivity contribution in [1.82, 2.24) is 15.3 Å². The lowest BCUT2D eigenvalue weighted by Crippen LogP contribution is -2.29. The summed E-state index contributed by atoms with van der Waals surface area (Å²) < 4.78 is 5.64. The van der Waals surface area contributed by atoms with Crippen LogP contribution < -0.4 is 10.1 Å². The van der Waals surface area contributed by atoms with Crippen LogP contribution in [0, 0.1) is 0 Å². The van der Waals surface area contributed by atoms with Gasteiger partial charge in [-0.25, -0.2) is 4.98 Å². The number of nitrogens with zero attached hydrogens (tertiary/aromatic N) is 1. The Morgan fingerprint density at radius 2 is 1.93 bits per heavy atom. The third kappa shape index (κ3) is 5.04. The van der Waals surface area contributed by atoms with Gasteiger partial charge in [0.1, 0.15) is 11.6 Å². The highest BCUT2D eigenvalue weighted by Gasteiger charge is 2.19. The molecule has 0 saturated carbocycles. The number of imidazole rings is 1. The Hall–Kier alpha value is -2.47. The fraction of sp³-hybridized carbons (Fsp3) is 0.333. The minimum atomic E-state index is -0.163. The summed E-state index contributed by atoms with van der Waals surface area (Å²) in [5.41, 5.74) is 2.49. The molecule has 142 valence electrons. The molecule has 5 nitrogen and oxygen atoms in total. The molecule has 2 N–H and O–H groups in total. The molecule has 0 spiro atoms. The van der Waals surface area contributed by atoms with Gasteiger partial charge in [0.05, 0.1) is 23.2 Å². The number of aromatic nitrogens is 2. The van der Waals surface area contributed by atoms with Crippen molar-refractivity contribution in [3.8, 4) is 5.75 Å². The van der Waals surface area contributed by atoms with Gasteiger partial charge in [-0.3, -0.25) is 4.79 Å². The van der Waals surface area contributed by atoms with E-state index in [9.17, 15) is 4.79 Å². The van der Waals surface area contributed by atoms with Crippen molar-refractivity contribution in [2.75, 3.05) is 12.0 Å². The molecule has 0 aliphatic carbocycles. The molecule has 0 saturated heterocycles. The molecule has 27 heavy (non-hydrogen) atoms. The number of ether oxygens (including phenoxy) is 1. The number of thioether (sulfide) groups is 1. The predicted molar refractivity (Wildman–Crippen MR) is 112 cm³/mol. The summed E-state index contributed by atoms with van der Waals surface area (Å²) >= 11 is 1.75. The summed E-state index contributed by atoms with van der Waals surface area (Å²) in [6.07, 6.45) is 2.97. The molecule has 0 radical (unpaired) electrons. The van der Waals surface area contributed by atoms with Crippen LogP contribution >= 0.6 is 11.8 Å². The van der Waals surface area contributed by atoms with Crippen LogP contribution in [0.5, 0.6) is 5.75 Å². The molecule has 3 aromatic rings. The second-order valence-electron chi connectivity index (χ2n) is 6.64. The number of fused-ring (bicyclic) bond motifs is 1. The number of carbonyl (C=O) groups excluding carboxylic acids is 1. The predicted octanol–water partition coefficient (Wildman–Crippen LogP) is 4.57. The Bertz CT molecular complexity index is 857. The summed E-state index contributed by atoms with van der Waals surface area (Å²) in [4.78, 5) is 20.7. The second kappa shape index (κ2) is 8.95. The van der Waals surface area contributed by atoms with Gasteiger partial charge >= 0.3 is 0 Å². The lowest BCUT2D eigenvalue weighted by atomic mass is 10.1. The molecule has 0 fully saturated rings. The minimum absolute atomic E-state index is 0.105. The first kappa shape index (κ1) is 19.3. The monoisotopic (exact) mass is 383 g/mol. The van der Waals surface area contributed by atoms with E-state index in [1.165, 1.54) is 0 Å². The van der Waals surface area contributed by atoms with Gasteiger partial charge in [0.2, 0.25) is 0 Å². The average molecular weight is 384 g/mol. The Morgan fingerprint density at radius 3 is 2.59 bits per heavy atom. The number of aromatic amines is 1. The number of nitrogens with one attached hydrogen (secondary N) is 2. The van der Waals surface area contributed by atoms with Crippen molar-refractivity contribution >= 4 is 28.7 Å². The maximum atomic E-state index is 12.7. The Kier molecular flexibility index (Phi) is 6.40. The van der Waals surface area contributed by atoms with Crippen LogP contribution in [0.4, 0.5) is 0 Å². The summed E-state index contributed by atoms with van der Waals surface area (Å²) in [7, 11) is 0. The van der Waals surface area contributed by atoms with Gasteiger partial charge in [-0.05, 0) is 68.7 Å². The van der Waals surface area contributed by atoms with E-state index in [0.717, 1.165) is 34.8 Å². The standard InChI is InChI=1S/C21H25N3O2S/c1-14(2)26-16-10-8-15(9-11-16)21(25)24-19(12-13-27-3)20-22-17-6-4-5-7-18(17)23-20/h4-11,14,19H,12-13H2,1-3H3,(H,22,23)(H,24,25). The van der Waals surface area contributed by atoms with Gasteiger partial charge in [0.25, 0.3) is 5.91 Å². The Morgan fingerprint density at radius 1 is 1.19 bits per heavy atom. The molecule has 1 atom stereocenters. The van der Waals surface area contributed by atoms with Crippen LogP contribution in [0.15, 0.2) is 48.5 Å². The van der Waals surface area contributed by atoms with Crippen molar-refractivity contribution in [3.63, 3.8) is 0 Å². The summed E-state index contributed by atoms with van der Waals surface area (Å²) in [5.74, 6) is 2.37. The molecule has 3 rings (SSSR count). The van der Waals surface area contributed by atoms with Crippen molar-refractivity contribution in [3.05, 3.63) is 59.9 Å². The zero-order valence-corrected chi connectivity index (χ0v) is 16.7. The molecule has 0 bridgehead atoms. The van der Waals surface area contributed by atoms with Gasteiger partial charge in [0.15, 0.2) is 0 Å². The van der Waals surface area contributed by atoms with Crippen LogP contribution in [-0.4, -0.2) is 34.0 Å². The summed E-state index contributed by atoms with van der Waals surface area (Å²) in [5, 5.41) is 3.12. The maximum absolute atomic E-state index is 12.7. The number of hydrogen-bond donors (Lipinski definition) is 2. The number of H-pyrrole nitrogens is 1. The van der Waals surface area contributed by atoms with E-state index in [0.29, 0.717) is 5.56 Å². The zero-order chi connectivity index (χ0) is 19.2. The van der Waals surface area contributed by atoms with Crippen molar-refractivity contribution < 1.29 is 9.53 Å². The largest absolute Gasteiger partial charge is 0.491 e. The fourth-order valence-corrected chi connectivity index (χ4v) is 3.32. The smallest absolute Gasteiger partial charge is 0.251 e. The lowest BCUT2D eigenvalue weighted by molar-refractivity contribution is 0.0934. The van der Waals surface area contributed by atoms with Crippen LogP contribution in [0.1, 0.15) is 42.5 Å². The number of amides is 1. The first-order chi connectivity index (χ1) is 13.1. The van der Waals surface area contributed by atoms with Crippen LogP contribution in [0.3, 0.4) is 0 Å². The van der Waals surface area contributed by atoms with E-state index >= 15 is 0 Å². The summed E-state index contributed by atoms with van der Waals surface area (Å²) in [6, 6.07) is 15.0. The first-order valence-corrected chi connectivity index (χ1v) is 10.5. The lowest BCUT2D eigenvalue weighted by Gasteiger charge is -2.17. The molecule has 0 aliphatic heterocycles. The quantitative estimate of drug-likeness (QED) is 0.598. The van der Waals surface area contributed by atoms with Gasteiger partial charge in [0, 0.05) is 5.56 Å². The highest BCUT2D eigenvalue weighted by Crippen LogP contribution is 2.21. The molecule has 1 aromatic heterocycles. The second-order valence-corrected chi connectivity index (χ2v) is 7.62. The molecule has 1 heterocycles. The third-order valence-corrected chi connectivity index (χ3v) is 4.79. The minimum Gasteiger partial charge on any atom is -0.491 e. The maximum Gasteiger partial charge on any atom is 0.251 e. The van der Waals surface area contributed by atoms with Gasteiger partial charge in [-0.2, -0.15) is 11.8 Å². The molecule has 6 heteroatoms. The number of hydrogen-bond acceptors (Lipinski definition) is 4. The highest BCUT2D eigenvalue weighted by molar-refractivity contribution is 7.98. The van der Waals surface area contributed by atoms with Gasteiger partial charge in [-0.1, -0.05) is 12.1 Å². The van der Waals surface area contributed by atoms with E-state index < -0.39 is 0 Å². The Labute approximate surface area is 163 Å². The number of benzene rings is 2. The number of rotatable bonds is 8. The van der Waals surface area contributed by atoms with Gasteiger partial charge in [-0.15, -0.1) is 0 Å². The van der Waals surface area contributed by atoms with E-state index in [1.807, 2.05) is 50.2 Å². The zero-order valence-electron chi connectivity index (χ0n) is 15.9. The molecular formula is C21H25N3O2S. The molecule has 1 amide bonds. The van der Waals surface area contributed by atoms with Crippen molar-refractivity contribution in [2.45, 2.75) is 32.4 Å². The molecular weight excluding hydrogens is 358 g/mol. The van der Waals surface area contributed by atoms with Crippen molar-refractivity contribution in [2.24, 2.45) is 0 Å². The van der Waals surface area contributed by atoms with E-state index in [4.69, 9.17) is 4.74 Å². The highest BCUT2D eigenvalue weighted by atomic mass is 32.2. The molecule has 0 aliphatic rings. The van der Waals surface area contributed by atoms with E-state index in [-0.39, 0.29) is 18.1 Å². The summed E-state index contributed by atoms with van der Waals surface area (Å²) in [6.45, 7) is 3.95. The number of para-hydroxylation sites is 2. The van der Waals surface area contributed by atoms with Crippen LogP contribution in [0.2, 0.25) is 0 Å². The first-order valence-electron chi connectivity index (χ1n) is 9.08. The SMILES string of the molecule is CSCCC(NC(=O)c1ccc(OC(C)C)cc1)c1nc2ccccc2[nH]1. The number of carbonyl (C=O) groups is 1. The molecule has 2 aromatic carbocycles. The fourth-order valence-electron chi connectivity index (χ4n) is 2.85. The third-order valence-electron chi connectivity index (χ3n) is 4.14. The van der Waals surface area contributed by atoms with Gasteiger partial charge < -0.3 is 15.0 Å². The topological polar surface area (TPSA) is 67.0 Å².